The summed E-state index contributed by atoms with van der Waals surface area (Å²) in [5, 5.41) is 4.04. The topological polar surface area (TPSA) is 84.3 Å². The van der Waals surface area contributed by atoms with Crippen LogP contribution < -0.4 is 4.72 Å². The highest BCUT2D eigenvalue weighted by Gasteiger charge is 2.22. The fourth-order valence-corrected chi connectivity index (χ4v) is 4.22. The van der Waals surface area contributed by atoms with Crippen molar-refractivity contribution in [2.75, 3.05) is 18.8 Å². The van der Waals surface area contributed by atoms with Crippen LogP contribution in [0.25, 0.3) is 0 Å². The zero-order valence-electron chi connectivity index (χ0n) is 15.4. The van der Waals surface area contributed by atoms with E-state index >= 15 is 0 Å². The Morgan fingerprint density at radius 2 is 1.72 bits per heavy atom. The highest BCUT2D eigenvalue weighted by molar-refractivity contribution is 7.92. The Labute approximate surface area is 148 Å². The molecule has 2 rings (SSSR count). The number of hydrogen-bond acceptors (Lipinski definition) is 4. The number of amides is 1. The van der Waals surface area contributed by atoms with E-state index in [4.69, 9.17) is 0 Å². The minimum Gasteiger partial charge on any atom is -0.347 e. The second-order valence-electron chi connectivity index (χ2n) is 6.41. The van der Waals surface area contributed by atoms with Crippen LogP contribution in [0.4, 0.5) is 5.69 Å². The van der Waals surface area contributed by atoms with Crippen LogP contribution in [0.3, 0.4) is 0 Å². The van der Waals surface area contributed by atoms with Crippen LogP contribution >= 0.6 is 0 Å². The monoisotopic (exact) mass is 364 g/mol. The third-order valence-electron chi connectivity index (χ3n) is 4.25. The van der Waals surface area contributed by atoms with Gasteiger partial charge in [-0.05, 0) is 49.9 Å². The van der Waals surface area contributed by atoms with Crippen molar-refractivity contribution in [1.82, 2.24) is 14.7 Å². The van der Waals surface area contributed by atoms with Crippen molar-refractivity contribution in [3.8, 4) is 0 Å². The molecule has 1 amide bonds. The average molecular weight is 364 g/mol. The van der Waals surface area contributed by atoms with Crippen LogP contribution in [0.5, 0.6) is 0 Å². The molecule has 0 saturated carbocycles. The first-order chi connectivity index (χ1) is 11.5. The zero-order chi connectivity index (χ0) is 18.9. The minimum absolute atomic E-state index is 0.0519. The normalized spacial score (nSPS) is 11.4. The molecule has 0 aliphatic rings. The molecule has 0 fully saturated rings. The maximum absolute atomic E-state index is 12.9. The quantitative estimate of drug-likeness (QED) is 0.879. The van der Waals surface area contributed by atoms with Crippen LogP contribution in [0.2, 0.25) is 0 Å². The molecule has 136 valence electrons. The first kappa shape index (κ1) is 19.0. The van der Waals surface area contributed by atoms with Crippen molar-refractivity contribution in [2.24, 2.45) is 0 Å². The third kappa shape index (κ3) is 4.01. The molecule has 2 aromatic rings. The summed E-state index contributed by atoms with van der Waals surface area (Å²) in [6, 6.07) is 1.98. The molecule has 25 heavy (non-hydrogen) atoms. The van der Waals surface area contributed by atoms with Crippen molar-refractivity contribution < 1.29 is 13.2 Å². The molecule has 0 aliphatic carbocycles. The molecule has 1 aromatic heterocycles. The van der Waals surface area contributed by atoms with Gasteiger partial charge in [-0.25, -0.2) is 8.42 Å². The summed E-state index contributed by atoms with van der Waals surface area (Å²) in [7, 11) is -0.442. The first-order valence-corrected chi connectivity index (χ1v) is 9.34. The molecule has 0 aliphatic heterocycles. The van der Waals surface area contributed by atoms with E-state index in [0.29, 0.717) is 10.6 Å². The Hall–Kier alpha value is -2.35. The molecule has 8 heteroatoms. The Morgan fingerprint density at radius 1 is 1.16 bits per heavy atom. The molecule has 0 bridgehead atoms. The number of sulfonamides is 1. The van der Waals surface area contributed by atoms with Crippen molar-refractivity contribution in [1.29, 1.82) is 0 Å². The summed E-state index contributed by atoms with van der Waals surface area (Å²) < 4.78 is 29.7. The molecule has 7 nitrogen and oxygen atoms in total. The predicted octanol–water partition coefficient (Wildman–Crippen LogP) is 2.01. The predicted molar refractivity (Wildman–Crippen MR) is 97.1 cm³/mol. The number of rotatable bonds is 5. The molecular formula is C17H24N4O3S. The lowest BCUT2D eigenvalue weighted by molar-refractivity contribution is -0.129. The fourth-order valence-electron chi connectivity index (χ4n) is 2.57. The standard InChI is InChI=1S/C17H24N4O3S/c1-11-7-12(2)14(4)17(13(11)3)25(23,24)19-15-8-18-21(9-15)10-16(22)20(5)6/h7-9,19H,10H2,1-6H3. The van der Waals surface area contributed by atoms with Gasteiger partial charge in [-0.2, -0.15) is 5.10 Å². The van der Waals surface area contributed by atoms with E-state index < -0.39 is 10.0 Å². The van der Waals surface area contributed by atoms with Crippen molar-refractivity contribution in [3.05, 3.63) is 40.7 Å². The van der Waals surface area contributed by atoms with Gasteiger partial charge >= 0.3 is 0 Å². The summed E-state index contributed by atoms with van der Waals surface area (Å²) in [6.07, 6.45) is 2.90. The highest BCUT2D eigenvalue weighted by Crippen LogP contribution is 2.27. The number of hydrogen-bond donors (Lipinski definition) is 1. The Morgan fingerprint density at radius 3 is 2.24 bits per heavy atom. The number of aryl methyl sites for hydroxylation is 2. The van der Waals surface area contributed by atoms with Gasteiger partial charge in [0.25, 0.3) is 10.0 Å². The molecular weight excluding hydrogens is 340 g/mol. The number of nitrogens with zero attached hydrogens (tertiary/aromatic N) is 3. The van der Waals surface area contributed by atoms with Gasteiger partial charge in [0.1, 0.15) is 6.54 Å². The third-order valence-corrected chi connectivity index (χ3v) is 5.90. The Kier molecular flexibility index (Phi) is 5.22. The summed E-state index contributed by atoms with van der Waals surface area (Å²) in [4.78, 5) is 13.5. The number of aromatic nitrogens is 2. The molecule has 0 saturated heterocycles. The van der Waals surface area contributed by atoms with Gasteiger partial charge in [-0.15, -0.1) is 0 Å². The largest absolute Gasteiger partial charge is 0.347 e. The molecule has 1 heterocycles. The van der Waals surface area contributed by atoms with Crippen LogP contribution in [-0.4, -0.2) is 43.1 Å². The summed E-state index contributed by atoms with van der Waals surface area (Å²) in [5.41, 5.74) is 3.63. The lowest BCUT2D eigenvalue weighted by atomic mass is 10.0. The molecule has 1 aromatic carbocycles. The van der Waals surface area contributed by atoms with Gasteiger partial charge in [0, 0.05) is 20.3 Å². The zero-order valence-corrected chi connectivity index (χ0v) is 16.2. The summed E-state index contributed by atoms with van der Waals surface area (Å²) in [6.45, 7) is 7.44. The van der Waals surface area contributed by atoms with Crippen LogP contribution in [0.1, 0.15) is 22.3 Å². The number of anilines is 1. The number of carbonyl (C=O) groups is 1. The maximum Gasteiger partial charge on any atom is 0.262 e. The molecule has 0 radical (unpaired) electrons. The maximum atomic E-state index is 12.9. The van der Waals surface area contributed by atoms with Gasteiger partial charge in [0.05, 0.1) is 16.8 Å². The van der Waals surface area contributed by atoms with Gasteiger partial charge in [-0.3, -0.25) is 14.2 Å². The Balaban J connectivity index is 2.32. The molecule has 0 spiro atoms. The lowest BCUT2D eigenvalue weighted by Crippen LogP contribution is -2.26. The van der Waals surface area contributed by atoms with E-state index in [-0.39, 0.29) is 12.5 Å². The van der Waals surface area contributed by atoms with E-state index in [1.165, 1.54) is 22.0 Å². The van der Waals surface area contributed by atoms with Gasteiger partial charge in [0.2, 0.25) is 5.91 Å². The van der Waals surface area contributed by atoms with Crippen molar-refractivity contribution in [2.45, 2.75) is 39.1 Å². The van der Waals surface area contributed by atoms with Gasteiger partial charge < -0.3 is 4.90 Å². The Bertz CT molecular complexity index is 888. The first-order valence-electron chi connectivity index (χ1n) is 7.85. The number of benzene rings is 1. The summed E-state index contributed by atoms with van der Waals surface area (Å²) >= 11 is 0. The van der Waals surface area contributed by atoms with Crippen LogP contribution in [-0.2, 0) is 21.4 Å². The van der Waals surface area contributed by atoms with Crippen LogP contribution in [0.15, 0.2) is 23.4 Å². The van der Waals surface area contributed by atoms with E-state index in [1.807, 2.05) is 19.9 Å². The summed E-state index contributed by atoms with van der Waals surface area (Å²) in [5.74, 6) is -0.126. The number of nitrogens with one attached hydrogen (secondary N) is 1. The highest BCUT2D eigenvalue weighted by atomic mass is 32.2. The fraction of sp³-hybridized carbons (Fsp3) is 0.412. The number of likely N-dealkylation sites (N-methyl/N-ethyl adjacent to an activating group) is 1. The van der Waals surface area contributed by atoms with E-state index in [0.717, 1.165) is 22.3 Å². The van der Waals surface area contributed by atoms with E-state index in [2.05, 4.69) is 9.82 Å². The average Bonchev–Trinajstić information content (AvgIpc) is 2.91. The smallest absolute Gasteiger partial charge is 0.262 e. The second kappa shape index (κ2) is 6.87. The second-order valence-corrected chi connectivity index (χ2v) is 8.03. The van der Waals surface area contributed by atoms with Gasteiger partial charge in [-0.1, -0.05) is 6.07 Å². The van der Waals surface area contributed by atoms with Crippen molar-refractivity contribution in [3.63, 3.8) is 0 Å². The SMILES string of the molecule is Cc1cc(C)c(C)c(S(=O)(=O)Nc2cnn(CC(=O)N(C)C)c2)c1C. The lowest BCUT2D eigenvalue weighted by Gasteiger charge is -2.16. The number of carbonyl (C=O) groups excluding carboxylic acids is 1. The molecule has 1 N–H and O–H groups in total. The van der Waals surface area contributed by atoms with Gasteiger partial charge in [0.15, 0.2) is 0 Å². The minimum atomic E-state index is -3.75. The molecule has 0 atom stereocenters. The molecule has 0 unspecified atom stereocenters. The van der Waals surface area contributed by atoms with E-state index in [9.17, 15) is 13.2 Å². The van der Waals surface area contributed by atoms with Crippen LogP contribution in [0, 0.1) is 27.7 Å². The van der Waals surface area contributed by atoms with E-state index in [1.54, 1.807) is 27.9 Å². The van der Waals surface area contributed by atoms with Crippen molar-refractivity contribution >= 4 is 21.6 Å².